The van der Waals surface area contributed by atoms with Crippen LogP contribution in [0.25, 0.3) is 0 Å². The Morgan fingerprint density at radius 3 is 2.21 bits per heavy atom. The van der Waals surface area contributed by atoms with E-state index in [0.29, 0.717) is 0 Å². The molecule has 0 amide bonds. The maximum absolute atomic E-state index is 10.9. The minimum atomic E-state index is -0.975. The van der Waals surface area contributed by atoms with E-state index in [0.717, 1.165) is 17.7 Å². The number of rotatable bonds is 7. The third-order valence-electron chi connectivity index (χ3n) is 2.95. The molecular formula is C14H19NO4. The van der Waals surface area contributed by atoms with E-state index in [1.54, 1.807) is 11.8 Å². The first-order valence-electron chi connectivity index (χ1n) is 6.22. The van der Waals surface area contributed by atoms with Crippen LogP contribution in [0.5, 0.6) is 0 Å². The van der Waals surface area contributed by atoms with Crippen LogP contribution in [0.3, 0.4) is 0 Å². The number of aliphatic carboxylic acids is 2. The Hall–Kier alpha value is -2.04. The summed E-state index contributed by atoms with van der Waals surface area (Å²) in [5.41, 5.74) is 1.89. The second kappa shape index (κ2) is 6.78. The van der Waals surface area contributed by atoms with Gasteiger partial charge < -0.3 is 15.1 Å². The smallest absolute Gasteiger partial charge is 0.323 e. The van der Waals surface area contributed by atoms with Crippen LogP contribution in [0.2, 0.25) is 0 Å². The summed E-state index contributed by atoms with van der Waals surface area (Å²) in [4.78, 5) is 23.3. The van der Waals surface area contributed by atoms with E-state index < -0.39 is 17.9 Å². The number of nitrogens with zero attached hydrogens (tertiary/aromatic N) is 1. The van der Waals surface area contributed by atoms with Crippen LogP contribution < -0.4 is 4.90 Å². The number of carboxylic acids is 2. The van der Waals surface area contributed by atoms with Crippen molar-refractivity contribution in [1.82, 2.24) is 0 Å². The Bertz CT molecular complexity index is 441. The second-order valence-corrected chi connectivity index (χ2v) is 4.53. The Balaban J connectivity index is 2.88. The molecule has 1 aromatic rings. The number of hydrogen-bond donors (Lipinski definition) is 2. The van der Waals surface area contributed by atoms with Crippen LogP contribution in [-0.4, -0.2) is 35.2 Å². The highest BCUT2D eigenvalue weighted by Crippen LogP contribution is 2.17. The Morgan fingerprint density at radius 1 is 1.21 bits per heavy atom. The van der Waals surface area contributed by atoms with Crippen molar-refractivity contribution >= 4 is 17.6 Å². The highest BCUT2D eigenvalue weighted by molar-refractivity contribution is 5.75. The van der Waals surface area contributed by atoms with Crippen molar-refractivity contribution in [3.63, 3.8) is 0 Å². The zero-order valence-corrected chi connectivity index (χ0v) is 11.2. The van der Waals surface area contributed by atoms with Gasteiger partial charge in [-0.05, 0) is 24.1 Å². The molecule has 2 N–H and O–H groups in total. The van der Waals surface area contributed by atoms with Crippen LogP contribution in [0, 0.1) is 5.92 Å². The zero-order chi connectivity index (χ0) is 14.4. The molecule has 1 rings (SSSR count). The fourth-order valence-corrected chi connectivity index (χ4v) is 1.78. The van der Waals surface area contributed by atoms with Gasteiger partial charge in [0.1, 0.15) is 6.54 Å². The van der Waals surface area contributed by atoms with E-state index in [4.69, 9.17) is 10.2 Å². The quantitative estimate of drug-likeness (QED) is 0.786. The van der Waals surface area contributed by atoms with Gasteiger partial charge in [-0.2, -0.15) is 0 Å². The van der Waals surface area contributed by atoms with Gasteiger partial charge in [0.2, 0.25) is 0 Å². The molecule has 0 saturated carbocycles. The normalized spacial score (nSPS) is 11.9. The van der Waals surface area contributed by atoms with E-state index >= 15 is 0 Å². The Kier molecular flexibility index (Phi) is 5.36. The van der Waals surface area contributed by atoms with Crippen LogP contribution >= 0.6 is 0 Å². The average Bonchev–Trinajstić information content (AvgIpc) is 2.37. The standard InChI is InChI=1S/C14H19NO4/c1-3-11-4-6-12(7-5-11)15(9-13(16)17)8-10(2)14(18)19/h4-7,10H,3,8-9H2,1-2H3,(H,16,17)(H,18,19). The first-order valence-corrected chi connectivity index (χ1v) is 6.22. The van der Waals surface area contributed by atoms with Crippen LogP contribution in [-0.2, 0) is 16.0 Å². The molecule has 0 aliphatic rings. The molecule has 0 spiro atoms. The van der Waals surface area contributed by atoms with Crippen molar-refractivity contribution < 1.29 is 19.8 Å². The maximum Gasteiger partial charge on any atom is 0.323 e. The van der Waals surface area contributed by atoms with E-state index in [1.807, 2.05) is 31.2 Å². The largest absolute Gasteiger partial charge is 0.481 e. The van der Waals surface area contributed by atoms with E-state index in [-0.39, 0.29) is 13.1 Å². The third kappa shape index (κ3) is 4.62. The maximum atomic E-state index is 10.9. The second-order valence-electron chi connectivity index (χ2n) is 4.53. The summed E-state index contributed by atoms with van der Waals surface area (Å²) in [5.74, 6) is -2.53. The van der Waals surface area contributed by atoms with Gasteiger partial charge in [-0.25, -0.2) is 0 Å². The topological polar surface area (TPSA) is 77.8 Å². The van der Waals surface area contributed by atoms with Gasteiger partial charge in [0.05, 0.1) is 5.92 Å². The summed E-state index contributed by atoms with van der Waals surface area (Å²) in [6, 6.07) is 7.51. The molecule has 0 aromatic heterocycles. The average molecular weight is 265 g/mol. The predicted molar refractivity (Wildman–Crippen MR) is 72.5 cm³/mol. The van der Waals surface area contributed by atoms with Gasteiger partial charge in [-0.3, -0.25) is 9.59 Å². The molecule has 0 aliphatic heterocycles. The minimum absolute atomic E-state index is 0.174. The number of benzene rings is 1. The summed E-state index contributed by atoms with van der Waals surface area (Å²) >= 11 is 0. The van der Waals surface area contributed by atoms with Gasteiger partial charge in [0, 0.05) is 12.2 Å². The molecule has 0 saturated heterocycles. The molecule has 1 unspecified atom stereocenters. The molecule has 0 bridgehead atoms. The summed E-state index contributed by atoms with van der Waals surface area (Å²) in [6.45, 7) is 3.57. The number of hydrogen-bond acceptors (Lipinski definition) is 3. The van der Waals surface area contributed by atoms with Crippen molar-refractivity contribution in [2.24, 2.45) is 5.92 Å². The molecule has 0 aliphatic carbocycles. The summed E-state index contributed by atoms with van der Waals surface area (Å²) in [6.07, 6.45) is 0.907. The van der Waals surface area contributed by atoms with Crippen LogP contribution in [0.15, 0.2) is 24.3 Å². The SMILES string of the molecule is CCc1ccc(N(CC(=O)O)CC(C)C(=O)O)cc1. The molecule has 0 heterocycles. The summed E-state index contributed by atoms with van der Waals surface area (Å²) in [5, 5.41) is 17.8. The monoisotopic (exact) mass is 265 g/mol. The summed E-state index contributed by atoms with van der Waals surface area (Å²) < 4.78 is 0. The third-order valence-corrected chi connectivity index (χ3v) is 2.95. The van der Waals surface area contributed by atoms with E-state index in [1.165, 1.54) is 0 Å². The lowest BCUT2D eigenvalue weighted by molar-refractivity contribution is -0.141. The molecular weight excluding hydrogens is 246 g/mol. The molecule has 104 valence electrons. The fourth-order valence-electron chi connectivity index (χ4n) is 1.78. The molecule has 1 atom stereocenters. The zero-order valence-electron chi connectivity index (χ0n) is 11.2. The molecule has 5 heteroatoms. The first-order chi connectivity index (χ1) is 8.93. The molecule has 0 fully saturated rings. The summed E-state index contributed by atoms with van der Waals surface area (Å²) in [7, 11) is 0. The molecule has 0 radical (unpaired) electrons. The Morgan fingerprint density at radius 2 is 1.79 bits per heavy atom. The number of aryl methyl sites for hydroxylation is 1. The van der Waals surface area contributed by atoms with E-state index in [9.17, 15) is 9.59 Å². The van der Waals surface area contributed by atoms with Gasteiger partial charge >= 0.3 is 11.9 Å². The van der Waals surface area contributed by atoms with Gasteiger partial charge in [-0.15, -0.1) is 0 Å². The van der Waals surface area contributed by atoms with Crippen molar-refractivity contribution in [1.29, 1.82) is 0 Å². The lowest BCUT2D eigenvalue weighted by Crippen LogP contribution is -2.35. The van der Waals surface area contributed by atoms with Gasteiger partial charge in [0.25, 0.3) is 0 Å². The lowest BCUT2D eigenvalue weighted by atomic mass is 10.1. The van der Waals surface area contributed by atoms with Gasteiger partial charge in [0.15, 0.2) is 0 Å². The van der Waals surface area contributed by atoms with E-state index in [2.05, 4.69) is 0 Å². The fraction of sp³-hybridized carbons (Fsp3) is 0.429. The van der Waals surface area contributed by atoms with Crippen molar-refractivity contribution in [3.8, 4) is 0 Å². The van der Waals surface area contributed by atoms with Crippen molar-refractivity contribution in [2.45, 2.75) is 20.3 Å². The van der Waals surface area contributed by atoms with Crippen molar-refractivity contribution in [3.05, 3.63) is 29.8 Å². The van der Waals surface area contributed by atoms with Gasteiger partial charge in [-0.1, -0.05) is 26.0 Å². The minimum Gasteiger partial charge on any atom is -0.481 e. The molecule has 1 aromatic carbocycles. The van der Waals surface area contributed by atoms with Crippen LogP contribution in [0.1, 0.15) is 19.4 Å². The predicted octanol–water partition coefficient (Wildman–Crippen LogP) is 1.86. The Labute approximate surface area is 112 Å². The number of carboxylic acid groups (broad SMARTS) is 2. The first kappa shape index (κ1) is 15.0. The molecule has 19 heavy (non-hydrogen) atoms. The molecule has 5 nitrogen and oxygen atoms in total. The van der Waals surface area contributed by atoms with Crippen molar-refractivity contribution in [2.75, 3.05) is 18.0 Å². The van der Waals surface area contributed by atoms with Crippen LogP contribution in [0.4, 0.5) is 5.69 Å². The highest BCUT2D eigenvalue weighted by atomic mass is 16.4. The lowest BCUT2D eigenvalue weighted by Gasteiger charge is -2.25. The highest BCUT2D eigenvalue weighted by Gasteiger charge is 2.18. The number of carbonyl (C=O) groups is 2. The number of anilines is 1.